The molecule has 2 aromatic rings. The molecule has 1 saturated heterocycles. The van der Waals surface area contributed by atoms with E-state index in [-0.39, 0.29) is 4.75 Å². The number of nitrogens with two attached hydrogens (primary N) is 1. The van der Waals surface area contributed by atoms with Gasteiger partial charge in [0.25, 0.3) is 0 Å². The van der Waals surface area contributed by atoms with E-state index in [0.29, 0.717) is 21.4 Å². The van der Waals surface area contributed by atoms with Gasteiger partial charge < -0.3 is 4.90 Å². The third-order valence-corrected chi connectivity index (χ3v) is 10.2. The number of aromatic nitrogens is 2. The summed E-state index contributed by atoms with van der Waals surface area (Å²) in [4.78, 5) is 11.9. The van der Waals surface area contributed by atoms with Crippen LogP contribution in [0.2, 0.25) is 10.0 Å². The van der Waals surface area contributed by atoms with E-state index in [4.69, 9.17) is 38.3 Å². The first-order chi connectivity index (χ1) is 15.1. The van der Waals surface area contributed by atoms with Crippen LogP contribution in [0.3, 0.4) is 0 Å². The number of piperidine rings is 1. The van der Waals surface area contributed by atoms with E-state index in [1.165, 1.54) is 19.3 Å². The second kappa shape index (κ2) is 9.64. The second-order valence-electron chi connectivity index (χ2n) is 9.67. The predicted octanol–water partition coefficient (Wildman–Crippen LogP) is 6.23. The highest BCUT2D eigenvalue weighted by atomic mass is 127. The van der Waals surface area contributed by atoms with E-state index < -0.39 is 11.0 Å². The van der Waals surface area contributed by atoms with Gasteiger partial charge in [-0.2, -0.15) is 0 Å². The molecule has 1 aromatic heterocycles. The summed E-state index contributed by atoms with van der Waals surface area (Å²) >= 11 is 14.8. The second-order valence-corrected chi connectivity index (χ2v) is 13.2. The molecule has 2 heterocycles. The van der Waals surface area contributed by atoms with Gasteiger partial charge in [-0.1, -0.05) is 41.8 Å². The largest absolute Gasteiger partial charge is 0.355 e. The van der Waals surface area contributed by atoms with E-state index in [0.717, 1.165) is 53.1 Å². The average Bonchev–Trinajstić information content (AvgIpc) is 3.11. The Balaban J connectivity index is 1.48. The molecule has 1 spiro atoms. The fourth-order valence-corrected chi connectivity index (χ4v) is 6.85. The van der Waals surface area contributed by atoms with Gasteiger partial charge in [0.1, 0.15) is 15.2 Å². The summed E-state index contributed by atoms with van der Waals surface area (Å²) in [5.74, 6) is 1.50. The minimum atomic E-state index is -1.30. The number of benzene rings is 1. The standard InChI is InChI=1S/C23H29Cl2IN4OS/c1-22(2,32(27)31)13-15-5-4-8-23(15)9-11-30(12-10-23)18-14-28-20(21(26)29-18)16-6-3-7-17(24)19(16)25/h3,6-7,14-15H,4-5,8-13,27H2,1-2H3/t15-,32?/m1/s1. The Morgan fingerprint density at radius 3 is 2.66 bits per heavy atom. The van der Waals surface area contributed by atoms with Crippen LogP contribution in [0, 0.1) is 15.0 Å². The molecule has 9 heteroatoms. The predicted molar refractivity (Wildman–Crippen MR) is 142 cm³/mol. The van der Waals surface area contributed by atoms with Gasteiger partial charge in [0, 0.05) is 18.7 Å². The summed E-state index contributed by atoms with van der Waals surface area (Å²) in [6.07, 6.45) is 8.77. The van der Waals surface area contributed by atoms with Crippen LogP contribution in [0.5, 0.6) is 0 Å². The van der Waals surface area contributed by atoms with Crippen molar-refractivity contribution < 1.29 is 4.21 Å². The molecular formula is C23H29Cl2IN4OS. The maximum Gasteiger partial charge on any atom is 0.148 e. The zero-order valence-electron chi connectivity index (χ0n) is 18.4. The number of anilines is 1. The zero-order chi connectivity index (χ0) is 23.1. The quantitative estimate of drug-likeness (QED) is 0.409. The van der Waals surface area contributed by atoms with Crippen LogP contribution in [-0.2, 0) is 11.0 Å². The molecule has 0 bridgehead atoms. The lowest BCUT2D eigenvalue weighted by atomic mass is 9.68. The van der Waals surface area contributed by atoms with Crippen molar-refractivity contribution >= 4 is 62.6 Å². The third-order valence-electron chi connectivity index (χ3n) is 7.38. The van der Waals surface area contributed by atoms with Crippen LogP contribution in [0.1, 0.15) is 52.4 Å². The Bertz CT molecular complexity index is 1030. The van der Waals surface area contributed by atoms with Crippen LogP contribution in [0.25, 0.3) is 11.3 Å². The van der Waals surface area contributed by atoms with Gasteiger partial charge in [-0.15, -0.1) is 0 Å². The first-order valence-corrected chi connectivity index (χ1v) is 14.1. The Labute approximate surface area is 216 Å². The molecule has 1 aromatic carbocycles. The lowest BCUT2D eigenvalue weighted by molar-refractivity contribution is 0.134. The Morgan fingerprint density at radius 1 is 1.28 bits per heavy atom. The molecule has 0 radical (unpaired) electrons. The van der Waals surface area contributed by atoms with Crippen molar-refractivity contribution in [2.75, 3.05) is 18.0 Å². The van der Waals surface area contributed by atoms with Crippen LogP contribution >= 0.6 is 45.8 Å². The molecule has 32 heavy (non-hydrogen) atoms. The number of hydrogen-bond donors (Lipinski definition) is 1. The molecule has 1 aliphatic carbocycles. The van der Waals surface area contributed by atoms with Crippen molar-refractivity contribution in [3.63, 3.8) is 0 Å². The summed E-state index contributed by atoms with van der Waals surface area (Å²) in [5, 5.41) is 6.80. The minimum Gasteiger partial charge on any atom is -0.355 e. The van der Waals surface area contributed by atoms with Gasteiger partial charge >= 0.3 is 0 Å². The van der Waals surface area contributed by atoms with Crippen molar-refractivity contribution in [3.05, 3.63) is 38.1 Å². The van der Waals surface area contributed by atoms with E-state index in [9.17, 15) is 4.21 Å². The molecule has 2 atom stereocenters. The molecule has 2 N–H and O–H groups in total. The highest BCUT2D eigenvalue weighted by Gasteiger charge is 2.47. The molecule has 5 nitrogen and oxygen atoms in total. The maximum absolute atomic E-state index is 12.0. The number of rotatable bonds is 5. The van der Waals surface area contributed by atoms with Crippen LogP contribution in [0.15, 0.2) is 24.4 Å². The first kappa shape index (κ1) is 24.6. The molecular weight excluding hydrogens is 578 g/mol. The topological polar surface area (TPSA) is 72.1 Å². The minimum absolute atomic E-state index is 0.335. The molecule has 174 valence electrons. The normalized spacial score (nSPS) is 21.8. The number of halogens is 3. The lowest BCUT2D eigenvalue weighted by Gasteiger charge is -2.45. The highest BCUT2D eigenvalue weighted by Crippen LogP contribution is 2.53. The molecule has 2 aliphatic rings. The van der Waals surface area contributed by atoms with E-state index in [1.807, 2.05) is 32.2 Å². The van der Waals surface area contributed by atoms with Crippen molar-refractivity contribution in [1.29, 1.82) is 0 Å². The van der Waals surface area contributed by atoms with Gasteiger partial charge in [0.15, 0.2) is 0 Å². The van der Waals surface area contributed by atoms with Crippen LogP contribution < -0.4 is 10.0 Å². The summed E-state index contributed by atoms with van der Waals surface area (Å²) in [5.41, 5.74) is 1.89. The maximum atomic E-state index is 12.0. The third kappa shape index (κ3) is 4.83. The Hall–Kier alpha value is -0.480. The van der Waals surface area contributed by atoms with E-state index >= 15 is 0 Å². The summed E-state index contributed by atoms with van der Waals surface area (Å²) in [6, 6.07) is 5.56. The first-order valence-electron chi connectivity index (χ1n) is 11.0. The fourth-order valence-electron chi connectivity index (χ4n) is 5.42. The molecule has 1 saturated carbocycles. The van der Waals surface area contributed by atoms with Crippen molar-refractivity contribution in [1.82, 2.24) is 9.97 Å². The number of hydrogen-bond acceptors (Lipinski definition) is 4. The monoisotopic (exact) mass is 606 g/mol. The average molecular weight is 607 g/mol. The zero-order valence-corrected chi connectivity index (χ0v) is 22.9. The fraction of sp³-hybridized carbons (Fsp3) is 0.565. The Kier molecular flexibility index (Phi) is 7.42. The van der Waals surface area contributed by atoms with Gasteiger partial charge in [0.2, 0.25) is 0 Å². The van der Waals surface area contributed by atoms with Gasteiger partial charge in [-0.3, -0.25) is 5.14 Å². The SMILES string of the molecule is CC(C)(C[C@H]1CCCC12CCN(c1cnc(-c3cccc(Cl)c3Cl)c(I)n1)CC2)S(N)=O. The van der Waals surface area contributed by atoms with Gasteiger partial charge in [-0.05, 0) is 85.9 Å². The van der Waals surface area contributed by atoms with Crippen LogP contribution in [0.4, 0.5) is 5.82 Å². The highest BCUT2D eigenvalue weighted by molar-refractivity contribution is 14.1. The van der Waals surface area contributed by atoms with Crippen molar-refractivity contribution in [2.24, 2.45) is 16.5 Å². The smallest absolute Gasteiger partial charge is 0.148 e. The van der Waals surface area contributed by atoms with E-state index in [2.05, 4.69) is 27.5 Å². The molecule has 4 rings (SSSR count). The summed E-state index contributed by atoms with van der Waals surface area (Å²) in [6.45, 7) is 6.00. The summed E-state index contributed by atoms with van der Waals surface area (Å²) < 4.78 is 12.5. The number of nitrogens with zero attached hydrogens (tertiary/aromatic N) is 3. The van der Waals surface area contributed by atoms with Gasteiger partial charge in [0.05, 0.1) is 32.0 Å². The van der Waals surface area contributed by atoms with Crippen molar-refractivity contribution in [3.8, 4) is 11.3 Å². The van der Waals surface area contributed by atoms with E-state index in [1.54, 1.807) is 6.07 Å². The molecule has 1 aliphatic heterocycles. The summed E-state index contributed by atoms with van der Waals surface area (Å²) in [7, 11) is -1.30. The van der Waals surface area contributed by atoms with Gasteiger partial charge in [-0.25, -0.2) is 14.2 Å². The lowest BCUT2D eigenvalue weighted by Crippen LogP contribution is -2.45. The molecule has 1 unspecified atom stereocenters. The van der Waals surface area contributed by atoms with Crippen LogP contribution in [-0.4, -0.2) is 32.0 Å². The molecule has 0 amide bonds. The van der Waals surface area contributed by atoms with Crippen molar-refractivity contribution in [2.45, 2.75) is 57.1 Å². The molecule has 2 fully saturated rings. The Morgan fingerprint density at radius 2 is 2.00 bits per heavy atom.